The van der Waals surface area contributed by atoms with E-state index in [2.05, 4.69) is 10.2 Å². The molecule has 5 rings (SSSR count). The maximum absolute atomic E-state index is 13.7. The third-order valence-corrected chi connectivity index (χ3v) is 6.85. The van der Waals surface area contributed by atoms with E-state index >= 15 is 0 Å². The minimum Gasteiger partial charge on any atom is -0.390 e. The molecule has 0 radical (unpaired) electrons. The quantitative estimate of drug-likeness (QED) is 0.546. The van der Waals surface area contributed by atoms with Crippen molar-refractivity contribution in [1.29, 1.82) is 0 Å². The van der Waals surface area contributed by atoms with Crippen LogP contribution in [0.3, 0.4) is 0 Å². The van der Waals surface area contributed by atoms with Crippen LogP contribution in [-0.4, -0.2) is 68.3 Å². The summed E-state index contributed by atoms with van der Waals surface area (Å²) in [5.74, 6) is 0.774. The van der Waals surface area contributed by atoms with Gasteiger partial charge < -0.3 is 19.0 Å². The van der Waals surface area contributed by atoms with Crippen molar-refractivity contribution in [3.63, 3.8) is 0 Å². The Labute approximate surface area is 199 Å². The lowest BCUT2D eigenvalue weighted by molar-refractivity contribution is -0.138. The zero-order valence-corrected chi connectivity index (χ0v) is 19.2. The van der Waals surface area contributed by atoms with Gasteiger partial charge in [0.1, 0.15) is 12.2 Å². The number of likely N-dealkylation sites (tertiary alicyclic amines) is 1. The first-order valence-corrected chi connectivity index (χ1v) is 11.4. The van der Waals surface area contributed by atoms with Gasteiger partial charge >= 0.3 is 6.18 Å². The van der Waals surface area contributed by atoms with Gasteiger partial charge in [-0.2, -0.15) is 13.2 Å². The minimum atomic E-state index is -4.59. The van der Waals surface area contributed by atoms with Crippen LogP contribution in [0.15, 0.2) is 47.7 Å². The van der Waals surface area contributed by atoms with Crippen LogP contribution < -0.4 is 5.56 Å². The Morgan fingerprint density at radius 2 is 1.97 bits per heavy atom. The van der Waals surface area contributed by atoms with Crippen LogP contribution in [0.5, 0.6) is 0 Å². The van der Waals surface area contributed by atoms with Crippen molar-refractivity contribution in [2.45, 2.75) is 30.7 Å². The third kappa shape index (κ3) is 4.63. The molecule has 0 saturated carbocycles. The molecule has 0 aliphatic carbocycles. The summed E-state index contributed by atoms with van der Waals surface area (Å²) in [6.45, 7) is 2.29. The fourth-order valence-corrected chi connectivity index (χ4v) is 4.64. The number of benzene rings is 1. The fraction of sp³-hybridized carbons (Fsp3) is 0.458. The monoisotopic (exact) mass is 489 g/mol. The molecule has 0 bridgehead atoms. The van der Waals surface area contributed by atoms with Crippen LogP contribution in [0, 0.1) is 0 Å². The molecule has 0 amide bonds. The van der Waals surface area contributed by atoms with E-state index in [-0.39, 0.29) is 12.1 Å². The number of pyridine rings is 1. The second-order valence-corrected chi connectivity index (χ2v) is 9.44. The van der Waals surface area contributed by atoms with Crippen molar-refractivity contribution < 1.29 is 23.0 Å². The molecule has 8 nitrogen and oxygen atoms in total. The predicted molar refractivity (Wildman–Crippen MR) is 121 cm³/mol. The van der Waals surface area contributed by atoms with E-state index in [9.17, 15) is 23.1 Å². The molecule has 2 aliphatic heterocycles. The molecule has 35 heavy (non-hydrogen) atoms. The number of aryl methyl sites for hydroxylation is 1. The van der Waals surface area contributed by atoms with E-state index in [0.29, 0.717) is 44.8 Å². The summed E-state index contributed by atoms with van der Waals surface area (Å²) in [5.41, 5.74) is -0.446. The summed E-state index contributed by atoms with van der Waals surface area (Å²) in [6.07, 6.45) is -1.97. The number of nitrogens with zero attached hydrogens (tertiary/aromatic N) is 5. The number of halogens is 3. The Hall–Kier alpha value is -3.02. The van der Waals surface area contributed by atoms with Gasteiger partial charge in [0.2, 0.25) is 0 Å². The molecule has 2 aromatic heterocycles. The molecule has 1 aromatic carbocycles. The van der Waals surface area contributed by atoms with Gasteiger partial charge in [-0.3, -0.25) is 9.69 Å². The highest BCUT2D eigenvalue weighted by atomic mass is 19.4. The van der Waals surface area contributed by atoms with Gasteiger partial charge in [-0.15, -0.1) is 10.2 Å². The van der Waals surface area contributed by atoms with E-state index in [1.54, 1.807) is 24.5 Å². The van der Waals surface area contributed by atoms with Gasteiger partial charge in [0.15, 0.2) is 0 Å². The van der Waals surface area contributed by atoms with Crippen molar-refractivity contribution >= 4 is 0 Å². The number of aromatic nitrogens is 4. The lowest BCUT2D eigenvalue weighted by Gasteiger charge is -2.42. The summed E-state index contributed by atoms with van der Waals surface area (Å²) in [7, 11) is 1.85. The molecule has 186 valence electrons. The smallest absolute Gasteiger partial charge is 0.390 e. The Morgan fingerprint density at radius 1 is 1.20 bits per heavy atom. The normalized spacial score (nSPS) is 18.3. The van der Waals surface area contributed by atoms with Crippen LogP contribution in [0.1, 0.15) is 17.0 Å². The van der Waals surface area contributed by atoms with Gasteiger partial charge in [-0.1, -0.05) is 24.3 Å². The number of alkyl halides is 3. The zero-order valence-electron chi connectivity index (χ0n) is 19.2. The average Bonchev–Trinajstić information content (AvgIpc) is 3.17. The molecule has 2 aliphatic rings. The molecule has 2 saturated heterocycles. The van der Waals surface area contributed by atoms with Crippen molar-refractivity contribution in [3.8, 4) is 11.1 Å². The van der Waals surface area contributed by atoms with Crippen LogP contribution in [0.4, 0.5) is 13.2 Å². The average molecular weight is 489 g/mol. The third-order valence-electron chi connectivity index (χ3n) is 6.85. The summed E-state index contributed by atoms with van der Waals surface area (Å²) < 4.78 is 49.6. The maximum atomic E-state index is 13.7. The second kappa shape index (κ2) is 8.89. The van der Waals surface area contributed by atoms with Crippen molar-refractivity contribution in [2.24, 2.45) is 7.05 Å². The van der Waals surface area contributed by atoms with Gasteiger partial charge in [0.25, 0.3) is 5.56 Å². The predicted octanol–water partition coefficient (Wildman–Crippen LogP) is 1.85. The molecule has 3 aromatic rings. The second-order valence-electron chi connectivity index (χ2n) is 9.44. The Kier molecular flexibility index (Phi) is 6.02. The minimum absolute atomic E-state index is 0.000584. The number of β-amino-alcohol motifs (C(OH)–C–C–N with tert-alkyl or cyclic N) is 1. The van der Waals surface area contributed by atoms with Gasteiger partial charge in [0.05, 0.1) is 24.9 Å². The van der Waals surface area contributed by atoms with Gasteiger partial charge in [-0.05, 0) is 17.2 Å². The number of ether oxygens (including phenoxy) is 1. The first kappa shape index (κ1) is 23.7. The van der Waals surface area contributed by atoms with E-state index in [4.69, 9.17) is 4.74 Å². The number of aliphatic hydroxyl groups is 1. The van der Waals surface area contributed by atoms with Crippen LogP contribution in [-0.2, 0) is 36.3 Å². The zero-order chi connectivity index (χ0) is 24.8. The molecular formula is C24H26F3N5O3. The van der Waals surface area contributed by atoms with Crippen molar-refractivity contribution in [3.05, 3.63) is 70.2 Å². The molecule has 1 N–H and O–H groups in total. The number of rotatable bonds is 7. The SMILES string of the molecule is Cn1cnnc1CC1(c2cccc(-c3cc(C(F)(F)F)cn(CCN4CC(O)C4)c3=O)c2)COC1. The molecule has 11 heteroatoms. The highest BCUT2D eigenvalue weighted by molar-refractivity contribution is 5.65. The molecule has 0 atom stereocenters. The standard InChI is InChI=1S/C24H26F3N5O3/c1-30-15-28-29-21(30)9-23(13-35-14-23)17-4-2-3-16(7-17)20-8-18(24(25,26)27)10-32(22(20)34)6-5-31-11-19(33)12-31/h2-4,7-8,10,15,19,33H,5-6,9,11-14H2,1H3. The molecule has 2 fully saturated rings. The van der Waals surface area contributed by atoms with E-state index < -0.39 is 28.8 Å². The van der Waals surface area contributed by atoms with Crippen LogP contribution >= 0.6 is 0 Å². The Balaban J connectivity index is 1.50. The first-order valence-electron chi connectivity index (χ1n) is 11.4. The largest absolute Gasteiger partial charge is 0.417 e. The Bertz CT molecular complexity index is 1280. The number of hydrogen-bond acceptors (Lipinski definition) is 6. The van der Waals surface area contributed by atoms with E-state index in [0.717, 1.165) is 28.2 Å². The molecule has 0 spiro atoms. The molecule has 4 heterocycles. The highest BCUT2D eigenvalue weighted by Gasteiger charge is 2.42. The molecule has 0 unspecified atom stereocenters. The first-order chi connectivity index (χ1) is 16.6. The fourth-order valence-electron chi connectivity index (χ4n) is 4.64. The van der Waals surface area contributed by atoms with Crippen molar-refractivity contribution in [2.75, 3.05) is 32.8 Å². The topological polar surface area (TPSA) is 85.4 Å². The lowest BCUT2D eigenvalue weighted by atomic mass is 9.75. The maximum Gasteiger partial charge on any atom is 0.417 e. The van der Waals surface area contributed by atoms with Crippen LogP contribution in [0.2, 0.25) is 0 Å². The van der Waals surface area contributed by atoms with E-state index in [1.807, 2.05) is 22.6 Å². The summed E-state index contributed by atoms with van der Waals surface area (Å²) >= 11 is 0. The van der Waals surface area contributed by atoms with Crippen LogP contribution in [0.25, 0.3) is 11.1 Å². The lowest BCUT2D eigenvalue weighted by Crippen LogP contribution is -2.51. The summed E-state index contributed by atoms with van der Waals surface area (Å²) in [6, 6.07) is 8.03. The van der Waals surface area contributed by atoms with Gasteiger partial charge in [0, 0.05) is 56.8 Å². The number of hydrogen-bond donors (Lipinski definition) is 1. The van der Waals surface area contributed by atoms with Gasteiger partial charge in [-0.25, -0.2) is 0 Å². The Morgan fingerprint density at radius 3 is 2.57 bits per heavy atom. The van der Waals surface area contributed by atoms with Crippen molar-refractivity contribution in [1.82, 2.24) is 24.2 Å². The highest BCUT2D eigenvalue weighted by Crippen LogP contribution is 2.37. The summed E-state index contributed by atoms with van der Waals surface area (Å²) in [5, 5.41) is 17.5. The molecular weight excluding hydrogens is 463 g/mol. The van der Waals surface area contributed by atoms with E-state index in [1.165, 1.54) is 0 Å². The number of aliphatic hydroxyl groups excluding tert-OH is 1. The summed E-state index contributed by atoms with van der Waals surface area (Å²) in [4.78, 5) is 15.2.